The maximum atomic E-state index is 13.1. The molecule has 0 bridgehead atoms. The quantitative estimate of drug-likeness (QED) is 0.645. The molecule has 162 valence electrons. The molecule has 1 fully saturated rings. The van der Waals surface area contributed by atoms with E-state index in [1.165, 1.54) is 0 Å². The van der Waals surface area contributed by atoms with Crippen LogP contribution in [0.4, 0.5) is 0 Å². The summed E-state index contributed by atoms with van der Waals surface area (Å²) in [6.45, 7) is 8.97. The van der Waals surface area contributed by atoms with E-state index in [9.17, 15) is 9.59 Å². The lowest BCUT2D eigenvalue weighted by Crippen LogP contribution is -2.49. The summed E-state index contributed by atoms with van der Waals surface area (Å²) in [5.74, 6) is -0.149. The molecule has 1 aliphatic heterocycles. The van der Waals surface area contributed by atoms with Gasteiger partial charge in [0.05, 0.1) is 17.7 Å². The third-order valence-corrected chi connectivity index (χ3v) is 6.22. The zero-order valence-corrected chi connectivity index (χ0v) is 18.9. The van der Waals surface area contributed by atoms with E-state index in [0.717, 1.165) is 17.0 Å². The molecule has 6 nitrogen and oxygen atoms in total. The minimum atomic E-state index is -0.623. The van der Waals surface area contributed by atoms with Crippen LogP contribution < -0.4 is 0 Å². The lowest BCUT2D eigenvalue weighted by molar-refractivity contribution is -0.160. The number of rotatable bonds is 6. The van der Waals surface area contributed by atoms with E-state index in [0.29, 0.717) is 44.0 Å². The number of nitrogens with zero attached hydrogens (tertiary/aromatic N) is 3. The predicted octanol–water partition coefficient (Wildman–Crippen LogP) is 4.13. The number of hydrogen-bond donors (Lipinski definition) is 0. The van der Waals surface area contributed by atoms with Crippen molar-refractivity contribution in [3.05, 3.63) is 52.3 Å². The summed E-state index contributed by atoms with van der Waals surface area (Å²) < 4.78 is 7.21. The molecule has 1 aliphatic rings. The Kier molecular flexibility index (Phi) is 6.86. The molecule has 7 heteroatoms. The number of carbonyl (C=O) groups excluding carboxylic acids is 2. The van der Waals surface area contributed by atoms with Crippen LogP contribution in [-0.4, -0.2) is 46.3 Å². The normalized spacial score (nSPS) is 16.9. The molecule has 1 saturated heterocycles. The maximum Gasteiger partial charge on any atom is 0.312 e. The summed E-state index contributed by atoms with van der Waals surface area (Å²) in [7, 11) is 0. The summed E-state index contributed by atoms with van der Waals surface area (Å²) in [5, 5.41) is 5.12. The number of carbonyl (C=O) groups is 2. The number of aryl methyl sites for hydroxylation is 2. The Morgan fingerprint density at radius 3 is 2.37 bits per heavy atom. The number of halogens is 1. The minimum absolute atomic E-state index is 0.0325. The van der Waals surface area contributed by atoms with Gasteiger partial charge in [-0.15, -0.1) is 0 Å². The van der Waals surface area contributed by atoms with Gasteiger partial charge in [-0.1, -0.05) is 23.7 Å². The van der Waals surface area contributed by atoms with Crippen LogP contribution in [0.25, 0.3) is 0 Å². The number of benzene rings is 1. The van der Waals surface area contributed by atoms with E-state index in [1.54, 1.807) is 4.68 Å². The molecule has 1 aromatic heterocycles. The molecule has 2 aromatic rings. The van der Waals surface area contributed by atoms with E-state index in [-0.39, 0.29) is 17.9 Å². The molecule has 3 rings (SSSR count). The summed E-state index contributed by atoms with van der Waals surface area (Å²) in [6.07, 6.45) is 1.73. The lowest BCUT2D eigenvalue weighted by atomic mass is 9.73. The van der Waals surface area contributed by atoms with Gasteiger partial charge >= 0.3 is 5.97 Å². The largest absolute Gasteiger partial charge is 0.466 e. The van der Waals surface area contributed by atoms with Crippen LogP contribution in [0.15, 0.2) is 30.3 Å². The van der Waals surface area contributed by atoms with Crippen molar-refractivity contribution in [3.8, 4) is 0 Å². The molecule has 0 radical (unpaired) electrons. The van der Waals surface area contributed by atoms with Crippen molar-refractivity contribution in [3.63, 3.8) is 0 Å². The third-order valence-electron chi connectivity index (χ3n) is 5.97. The lowest BCUT2D eigenvalue weighted by Gasteiger charge is -2.40. The van der Waals surface area contributed by atoms with Crippen LogP contribution in [0.1, 0.15) is 49.7 Å². The van der Waals surface area contributed by atoms with Crippen LogP contribution in [-0.2, 0) is 20.7 Å². The second-order valence-corrected chi connectivity index (χ2v) is 8.61. The van der Waals surface area contributed by atoms with Gasteiger partial charge in [-0.2, -0.15) is 5.10 Å². The van der Waals surface area contributed by atoms with Gasteiger partial charge in [0.25, 0.3) is 0 Å². The highest BCUT2D eigenvalue weighted by molar-refractivity contribution is 6.30. The molecule has 1 aromatic carbocycles. The van der Waals surface area contributed by atoms with Crippen LogP contribution >= 0.6 is 11.6 Å². The van der Waals surface area contributed by atoms with Gasteiger partial charge in [-0.3, -0.25) is 14.3 Å². The number of esters is 1. The van der Waals surface area contributed by atoms with Gasteiger partial charge in [-0.25, -0.2) is 0 Å². The van der Waals surface area contributed by atoms with Crippen LogP contribution in [0.3, 0.4) is 0 Å². The van der Waals surface area contributed by atoms with Gasteiger partial charge in [0.1, 0.15) is 6.04 Å². The Bertz CT molecular complexity index is 899. The zero-order chi connectivity index (χ0) is 21.9. The van der Waals surface area contributed by atoms with Crippen molar-refractivity contribution in [1.82, 2.24) is 14.7 Å². The molecule has 0 spiro atoms. The molecule has 0 unspecified atom stereocenters. The number of hydrogen-bond acceptors (Lipinski definition) is 4. The highest BCUT2D eigenvalue weighted by Crippen LogP contribution is 2.37. The van der Waals surface area contributed by atoms with Crippen molar-refractivity contribution >= 4 is 23.5 Å². The molecule has 0 saturated carbocycles. The second-order valence-electron chi connectivity index (χ2n) is 8.18. The Labute approximate surface area is 183 Å². The molecule has 30 heavy (non-hydrogen) atoms. The SMILES string of the molecule is CCOC(=O)C1(Cc2ccc(Cl)cc2)CCN(C(=O)[C@H](C)n2nc(C)cc2C)CC1. The van der Waals surface area contributed by atoms with Crippen LogP contribution in [0.5, 0.6) is 0 Å². The number of likely N-dealkylation sites (tertiary alicyclic amines) is 1. The fourth-order valence-corrected chi connectivity index (χ4v) is 4.42. The minimum Gasteiger partial charge on any atom is -0.466 e. The number of piperidine rings is 1. The molecular weight excluding hydrogens is 402 g/mol. The van der Waals surface area contributed by atoms with Crippen molar-refractivity contribution in [2.75, 3.05) is 19.7 Å². The van der Waals surface area contributed by atoms with Gasteiger partial charge in [0.15, 0.2) is 0 Å². The summed E-state index contributed by atoms with van der Waals surface area (Å²) >= 11 is 6.01. The van der Waals surface area contributed by atoms with Gasteiger partial charge in [0.2, 0.25) is 5.91 Å². The first-order chi connectivity index (χ1) is 14.3. The Hall–Kier alpha value is -2.34. The Balaban J connectivity index is 1.73. The van der Waals surface area contributed by atoms with Crippen molar-refractivity contribution in [2.45, 2.75) is 53.0 Å². The van der Waals surface area contributed by atoms with Crippen LogP contribution in [0.2, 0.25) is 5.02 Å². The van der Waals surface area contributed by atoms with E-state index >= 15 is 0 Å². The Morgan fingerprint density at radius 2 is 1.83 bits per heavy atom. The Morgan fingerprint density at radius 1 is 1.20 bits per heavy atom. The number of ether oxygens (including phenoxy) is 1. The monoisotopic (exact) mass is 431 g/mol. The average molecular weight is 432 g/mol. The third kappa shape index (κ3) is 4.69. The summed E-state index contributed by atoms with van der Waals surface area (Å²) in [4.78, 5) is 27.8. The highest BCUT2D eigenvalue weighted by Gasteiger charge is 2.44. The van der Waals surface area contributed by atoms with Crippen molar-refractivity contribution in [1.29, 1.82) is 0 Å². The second kappa shape index (κ2) is 9.21. The van der Waals surface area contributed by atoms with E-state index in [4.69, 9.17) is 16.3 Å². The predicted molar refractivity (Wildman–Crippen MR) is 116 cm³/mol. The van der Waals surface area contributed by atoms with E-state index in [1.807, 2.05) is 62.9 Å². The first kappa shape index (κ1) is 22.3. The van der Waals surface area contributed by atoms with Crippen molar-refractivity contribution < 1.29 is 14.3 Å². The fraction of sp³-hybridized carbons (Fsp3) is 0.522. The number of aromatic nitrogens is 2. The maximum absolute atomic E-state index is 13.1. The van der Waals surface area contributed by atoms with Gasteiger partial charge in [-0.05, 0) is 70.7 Å². The summed E-state index contributed by atoms with van der Waals surface area (Å²) in [5.41, 5.74) is 2.29. The van der Waals surface area contributed by atoms with Crippen molar-refractivity contribution in [2.24, 2.45) is 5.41 Å². The van der Waals surface area contributed by atoms with E-state index in [2.05, 4.69) is 5.10 Å². The topological polar surface area (TPSA) is 64.4 Å². The van der Waals surface area contributed by atoms with Crippen LogP contribution in [0, 0.1) is 19.3 Å². The molecule has 0 aliphatic carbocycles. The van der Waals surface area contributed by atoms with E-state index < -0.39 is 5.41 Å². The first-order valence-corrected chi connectivity index (χ1v) is 10.9. The highest BCUT2D eigenvalue weighted by atomic mass is 35.5. The molecular formula is C23H30ClN3O3. The first-order valence-electron chi connectivity index (χ1n) is 10.5. The zero-order valence-electron chi connectivity index (χ0n) is 18.2. The average Bonchev–Trinajstić information content (AvgIpc) is 3.07. The fourth-order valence-electron chi connectivity index (χ4n) is 4.29. The van der Waals surface area contributed by atoms with Gasteiger partial charge in [0, 0.05) is 23.8 Å². The molecule has 0 N–H and O–H groups in total. The standard InChI is InChI=1S/C23H30ClN3O3/c1-5-30-22(29)23(15-19-6-8-20(24)9-7-19)10-12-26(13-11-23)21(28)18(4)27-17(3)14-16(2)25-27/h6-9,14,18H,5,10-13,15H2,1-4H3/t18-/m0/s1. The van der Waals surface area contributed by atoms with Gasteiger partial charge < -0.3 is 9.64 Å². The molecule has 2 heterocycles. The summed E-state index contributed by atoms with van der Waals surface area (Å²) in [6, 6.07) is 9.18. The molecule has 1 amide bonds. The molecule has 1 atom stereocenters. The smallest absolute Gasteiger partial charge is 0.312 e. The number of amides is 1.